The second kappa shape index (κ2) is 5.87. The SMILES string of the molecule is Cc1ncc2cc(C(=O)N(C)C)c(N3CCCCC3)nc2n1. The highest BCUT2D eigenvalue weighted by Gasteiger charge is 2.22. The molecule has 0 radical (unpaired) electrons. The number of fused-ring (bicyclic) bond motifs is 1. The molecule has 3 heterocycles. The van der Waals surface area contributed by atoms with Gasteiger partial charge in [0.2, 0.25) is 0 Å². The first kappa shape index (κ1) is 14.7. The number of carbonyl (C=O) groups excluding carboxylic acids is 1. The molecule has 2 aromatic heterocycles. The third kappa shape index (κ3) is 2.73. The predicted octanol–water partition coefficient (Wildman–Crippen LogP) is 2.03. The van der Waals surface area contributed by atoms with Crippen molar-refractivity contribution >= 4 is 22.8 Å². The molecule has 0 saturated carbocycles. The van der Waals surface area contributed by atoms with Crippen LogP contribution < -0.4 is 4.90 Å². The van der Waals surface area contributed by atoms with Crippen molar-refractivity contribution in [1.82, 2.24) is 19.9 Å². The Morgan fingerprint density at radius 2 is 1.91 bits per heavy atom. The Morgan fingerprint density at radius 1 is 1.18 bits per heavy atom. The largest absolute Gasteiger partial charge is 0.356 e. The molecule has 0 atom stereocenters. The van der Waals surface area contributed by atoms with E-state index in [0.29, 0.717) is 17.0 Å². The van der Waals surface area contributed by atoms with Gasteiger partial charge in [-0.1, -0.05) is 0 Å². The van der Waals surface area contributed by atoms with Crippen molar-refractivity contribution in [2.75, 3.05) is 32.1 Å². The molecular formula is C16H21N5O. The van der Waals surface area contributed by atoms with Gasteiger partial charge >= 0.3 is 0 Å². The number of aromatic nitrogens is 3. The summed E-state index contributed by atoms with van der Waals surface area (Å²) in [6.07, 6.45) is 5.25. The molecule has 1 amide bonds. The molecule has 1 aliphatic heterocycles. The molecule has 1 saturated heterocycles. The van der Waals surface area contributed by atoms with E-state index in [2.05, 4.69) is 14.9 Å². The maximum atomic E-state index is 12.5. The van der Waals surface area contributed by atoms with E-state index in [9.17, 15) is 4.79 Å². The van der Waals surface area contributed by atoms with Crippen LogP contribution in [0.3, 0.4) is 0 Å². The number of hydrogen-bond donors (Lipinski definition) is 0. The molecule has 0 unspecified atom stereocenters. The zero-order chi connectivity index (χ0) is 15.7. The Morgan fingerprint density at radius 3 is 2.59 bits per heavy atom. The fraction of sp³-hybridized carbons (Fsp3) is 0.500. The molecule has 0 N–H and O–H groups in total. The lowest BCUT2D eigenvalue weighted by atomic mass is 10.1. The Kier molecular flexibility index (Phi) is 3.92. The lowest BCUT2D eigenvalue weighted by molar-refractivity contribution is 0.0828. The molecule has 3 rings (SSSR count). The lowest BCUT2D eigenvalue weighted by Gasteiger charge is -2.29. The summed E-state index contributed by atoms with van der Waals surface area (Å²) < 4.78 is 0. The van der Waals surface area contributed by atoms with E-state index in [4.69, 9.17) is 4.98 Å². The van der Waals surface area contributed by atoms with Crippen molar-refractivity contribution in [3.05, 3.63) is 23.7 Å². The molecule has 0 aliphatic carbocycles. The van der Waals surface area contributed by atoms with Gasteiger partial charge in [-0.2, -0.15) is 0 Å². The normalized spacial score (nSPS) is 15.1. The Labute approximate surface area is 130 Å². The van der Waals surface area contributed by atoms with Crippen LogP contribution in [0.1, 0.15) is 35.4 Å². The number of aryl methyl sites for hydroxylation is 1. The van der Waals surface area contributed by atoms with Gasteiger partial charge in [-0.15, -0.1) is 0 Å². The average molecular weight is 299 g/mol. The maximum Gasteiger partial charge on any atom is 0.257 e. The molecule has 6 heteroatoms. The number of nitrogens with zero attached hydrogens (tertiary/aromatic N) is 5. The van der Waals surface area contributed by atoms with E-state index in [-0.39, 0.29) is 5.91 Å². The number of amides is 1. The summed E-state index contributed by atoms with van der Waals surface area (Å²) in [7, 11) is 3.52. The van der Waals surface area contributed by atoms with Gasteiger partial charge in [0.25, 0.3) is 5.91 Å². The van der Waals surface area contributed by atoms with Gasteiger partial charge in [0.15, 0.2) is 5.65 Å². The van der Waals surface area contributed by atoms with E-state index < -0.39 is 0 Å². The van der Waals surface area contributed by atoms with Crippen LogP contribution >= 0.6 is 0 Å². The first-order valence-corrected chi connectivity index (χ1v) is 7.67. The number of anilines is 1. The second-order valence-corrected chi connectivity index (χ2v) is 5.94. The fourth-order valence-electron chi connectivity index (χ4n) is 2.78. The summed E-state index contributed by atoms with van der Waals surface area (Å²) in [5.41, 5.74) is 1.29. The second-order valence-electron chi connectivity index (χ2n) is 5.94. The van der Waals surface area contributed by atoms with Gasteiger partial charge in [-0.25, -0.2) is 15.0 Å². The standard InChI is InChI=1S/C16H21N5O/c1-11-17-10-12-9-13(16(22)20(2)3)15(19-14(12)18-11)21-7-5-4-6-8-21/h9-10H,4-8H2,1-3H3. The smallest absolute Gasteiger partial charge is 0.257 e. The summed E-state index contributed by atoms with van der Waals surface area (Å²) >= 11 is 0. The first-order chi connectivity index (χ1) is 10.6. The third-order valence-corrected chi connectivity index (χ3v) is 3.96. The van der Waals surface area contributed by atoms with Crippen molar-refractivity contribution in [3.63, 3.8) is 0 Å². The molecule has 2 aromatic rings. The van der Waals surface area contributed by atoms with Gasteiger partial charge < -0.3 is 9.80 Å². The minimum atomic E-state index is -0.0319. The molecule has 0 spiro atoms. The van der Waals surface area contributed by atoms with E-state index in [0.717, 1.165) is 37.1 Å². The highest BCUT2D eigenvalue weighted by molar-refractivity contribution is 6.01. The minimum absolute atomic E-state index is 0.0319. The zero-order valence-corrected chi connectivity index (χ0v) is 13.3. The fourth-order valence-corrected chi connectivity index (χ4v) is 2.78. The average Bonchev–Trinajstić information content (AvgIpc) is 2.53. The van der Waals surface area contributed by atoms with Crippen LogP contribution in [0.5, 0.6) is 0 Å². The number of piperidine rings is 1. The Balaban J connectivity index is 2.16. The highest BCUT2D eigenvalue weighted by Crippen LogP contribution is 2.26. The molecule has 1 aliphatic rings. The molecule has 0 aromatic carbocycles. The summed E-state index contributed by atoms with van der Waals surface area (Å²) in [6.45, 7) is 3.73. The third-order valence-electron chi connectivity index (χ3n) is 3.96. The van der Waals surface area contributed by atoms with Crippen LogP contribution in [0.2, 0.25) is 0 Å². The highest BCUT2D eigenvalue weighted by atomic mass is 16.2. The van der Waals surface area contributed by atoms with Crippen LogP contribution in [0.25, 0.3) is 11.0 Å². The van der Waals surface area contributed by atoms with Crippen LogP contribution in [-0.4, -0.2) is 52.9 Å². The monoisotopic (exact) mass is 299 g/mol. The first-order valence-electron chi connectivity index (χ1n) is 7.67. The van der Waals surface area contributed by atoms with Crippen LogP contribution in [0.4, 0.5) is 5.82 Å². The number of hydrogen-bond acceptors (Lipinski definition) is 5. The topological polar surface area (TPSA) is 62.2 Å². The van der Waals surface area contributed by atoms with Gasteiger partial charge in [0.05, 0.1) is 5.56 Å². The van der Waals surface area contributed by atoms with Crippen LogP contribution in [0.15, 0.2) is 12.3 Å². The molecule has 22 heavy (non-hydrogen) atoms. The van der Waals surface area contributed by atoms with Gasteiger partial charge in [0, 0.05) is 38.8 Å². The number of carbonyl (C=O) groups is 1. The van der Waals surface area contributed by atoms with Crippen molar-refractivity contribution in [3.8, 4) is 0 Å². The quantitative estimate of drug-likeness (QED) is 0.849. The molecular weight excluding hydrogens is 278 g/mol. The number of pyridine rings is 1. The summed E-state index contributed by atoms with van der Waals surface area (Å²) in [5.74, 6) is 1.41. The van der Waals surface area contributed by atoms with Gasteiger partial charge in [0.1, 0.15) is 11.6 Å². The predicted molar refractivity (Wildman–Crippen MR) is 86.2 cm³/mol. The zero-order valence-electron chi connectivity index (χ0n) is 13.3. The van der Waals surface area contributed by atoms with E-state index in [1.807, 2.05) is 13.0 Å². The number of rotatable bonds is 2. The molecule has 116 valence electrons. The van der Waals surface area contributed by atoms with E-state index in [1.54, 1.807) is 25.2 Å². The molecule has 6 nitrogen and oxygen atoms in total. The van der Waals surface area contributed by atoms with Crippen molar-refractivity contribution in [1.29, 1.82) is 0 Å². The molecule has 1 fully saturated rings. The van der Waals surface area contributed by atoms with Gasteiger partial charge in [-0.3, -0.25) is 4.79 Å². The summed E-state index contributed by atoms with van der Waals surface area (Å²) in [4.78, 5) is 29.6. The summed E-state index contributed by atoms with van der Waals surface area (Å²) in [5, 5.41) is 0.802. The Hall–Kier alpha value is -2.24. The van der Waals surface area contributed by atoms with Crippen molar-refractivity contribution in [2.24, 2.45) is 0 Å². The van der Waals surface area contributed by atoms with E-state index in [1.165, 1.54) is 6.42 Å². The molecule has 0 bridgehead atoms. The van der Waals surface area contributed by atoms with Crippen molar-refractivity contribution < 1.29 is 4.79 Å². The minimum Gasteiger partial charge on any atom is -0.356 e. The lowest BCUT2D eigenvalue weighted by Crippen LogP contribution is -2.33. The maximum absolute atomic E-state index is 12.5. The summed E-state index contributed by atoms with van der Waals surface area (Å²) in [6, 6.07) is 1.87. The van der Waals surface area contributed by atoms with Gasteiger partial charge in [-0.05, 0) is 32.3 Å². The van der Waals surface area contributed by atoms with Crippen LogP contribution in [0, 0.1) is 6.92 Å². The van der Waals surface area contributed by atoms with Crippen LogP contribution in [-0.2, 0) is 0 Å². The van der Waals surface area contributed by atoms with E-state index >= 15 is 0 Å². The Bertz CT molecular complexity index is 707. The van der Waals surface area contributed by atoms with Crippen molar-refractivity contribution in [2.45, 2.75) is 26.2 Å².